The lowest BCUT2D eigenvalue weighted by molar-refractivity contribution is 0.159. The molecule has 106 valence electrons. The Morgan fingerprint density at radius 1 is 1.47 bits per heavy atom. The summed E-state index contributed by atoms with van der Waals surface area (Å²) in [6, 6.07) is 4.39. The Labute approximate surface area is 120 Å². The van der Waals surface area contributed by atoms with Gasteiger partial charge in [-0.2, -0.15) is 0 Å². The van der Waals surface area contributed by atoms with Crippen molar-refractivity contribution in [1.82, 2.24) is 9.88 Å². The highest BCUT2D eigenvalue weighted by Crippen LogP contribution is 2.18. The molecule has 0 bridgehead atoms. The van der Waals surface area contributed by atoms with Crippen molar-refractivity contribution in [1.29, 1.82) is 0 Å². The minimum absolute atomic E-state index is 0.539. The summed E-state index contributed by atoms with van der Waals surface area (Å²) in [4.78, 5) is 6.50. The molecule has 1 aromatic rings. The van der Waals surface area contributed by atoms with Crippen molar-refractivity contribution in [3.05, 3.63) is 23.5 Å². The maximum absolute atomic E-state index is 5.89. The van der Waals surface area contributed by atoms with Crippen molar-refractivity contribution < 1.29 is 4.74 Å². The molecule has 1 aromatic heterocycles. The van der Waals surface area contributed by atoms with E-state index in [9.17, 15) is 0 Å². The highest BCUT2D eigenvalue weighted by Gasteiger charge is 2.18. The number of ether oxygens (including phenoxy) is 1. The third-order valence-electron chi connectivity index (χ3n) is 3.51. The van der Waals surface area contributed by atoms with Crippen LogP contribution in [-0.4, -0.2) is 49.3 Å². The minimum Gasteiger partial charge on any atom is -0.385 e. The lowest BCUT2D eigenvalue weighted by Gasteiger charge is -2.32. The van der Waals surface area contributed by atoms with Gasteiger partial charge in [-0.05, 0) is 31.4 Å². The zero-order valence-corrected chi connectivity index (χ0v) is 12.2. The van der Waals surface area contributed by atoms with Gasteiger partial charge in [-0.15, -0.1) is 0 Å². The van der Waals surface area contributed by atoms with E-state index >= 15 is 0 Å². The second-order valence-electron chi connectivity index (χ2n) is 4.97. The molecule has 0 saturated carbocycles. The summed E-state index contributed by atoms with van der Waals surface area (Å²) in [5, 5.41) is 4.08. The van der Waals surface area contributed by atoms with E-state index in [0.29, 0.717) is 11.2 Å². The van der Waals surface area contributed by atoms with Crippen LogP contribution in [0.5, 0.6) is 0 Å². The van der Waals surface area contributed by atoms with Gasteiger partial charge in [0.25, 0.3) is 0 Å². The van der Waals surface area contributed by atoms with E-state index in [4.69, 9.17) is 16.3 Å². The van der Waals surface area contributed by atoms with E-state index in [1.54, 1.807) is 13.3 Å². The first kappa shape index (κ1) is 14.6. The van der Waals surface area contributed by atoms with Crippen molar-refractivity contribution in [2.75, 3.05) is 38.7 Å². The van der Waals surface area contributed by atoms with Crippen LogP contribution in [0.2, 0.25) is 5.15 Å². The Balaban J connectivity index is 1.71. The molecule has 0 aromatic carbocycles. The van der Waals surface area contributed by atoms with Crippen molar-refractivity contribution in [3.63, 3.8) is 0 Å². The summed E-state index contributed by atoms with van der Waals surface area (Å²) < 4.78 is 5.09. The van der Waals surface area contributed by atoms with Gasteiger partial charge in [-0.1, -0.05) is 11.6 Å². The van der Waals surface area contributed by atoms with E-state index < -0.39 is 0 Å². The summed E-state index contributed by atoms with van der Waals surface area (Å²) in [5.41, 5.74) is 1.07. The van der Waals surface area contributed by atoms with Crippen LogP contribution in [0.25, 0.3) is 0 Å². The Bertz CT molecular complexity index is 381. The summed E-state index contributed by atoms with van der Waals surface area (Å²) in [6.45, 7) is 4.30. The largest absolute Gasteiger partial charge is 0.385 e. The Hall–Kier alpha value is -0.840. The fraction of sp³-hybridized carbons (Fsp3) is 0.643. The summed E-state index contributed by atoms with van der Waals surface area (Å²) >= 11 is 5.89. The first-order valence-corrected chi connectivity index (χ1v) is 7.25. The average Bonchev–Trinajstić information content (AvgIpc) is 2.41. The number of anilines is 1. The molecule has 19 heavy (non-hydrogen) atoms. The molecule has 0 aliphatic carbocycles. The van der Waals surface area contributed by atoms with Crippen molar-refractivity contribution in [2.45, 2.75) is 25.3 Å². The zero-order chi connectivity index (χ0) is 13.5. The maximum Gasteiger partial charge on any atom is 0.131 e. The molecule has 5 heteroatoms. The van der Waals surface area contributed by atoms with E-state index in [1.165, 1.54) is 12.8 Å². The van der Waals surface area contributed by atoms with Crippen molar-refractivity contribution in [3.8, 4) is 0 Å². The smallest absolute Gasteiger partial charge is 0.131 e. The second kappa shape index (κ2) is 7.68. The van der Waals surface area contributed by atoms with Gasteiger partial charge in [0.2, 0.25) is 0 Å². The molecule has 0 unspecified atom stereocenters. The van der Waals surface area contributed by atoms with E-state index in [-0.39, 0.29) is 0 Å². The molecule has 0 spiro atoms. The first-order chi connectivity index (χ1) is 9.28. The molecule has 0 atom stereocenters. The van der Waals surface area contributed by atoms with Crippen molar-refractivity contribution >= 4 is 17.3 Å². The average molecular weight is 284 g/mol. The van der Waals surface area contributed by atoms with E-state index in [2.05, 4.69) is 15.2 Å². The lowest BCUT2D eigenvalue weighted by Crippen LogP contribution is -2.39. The highest BCUT2D eigenvalue weighted by molar-refractivity contribution is 6.29. The Kier molecular flexibility index (Phi) is 5.89. The van der Waals surface area contributed by atoms with Gasteiger partial charge in [0, 0.05) is 51.3 Å². The van der Waals surface area contributed by atoms with Crippen LogP contribution in [0, 0.1) is 0 Å². The molecular formula is C14H22ClN3O. The molecule has 1 aliphatic heterocycles. The van der Waals surface area contributed by atoms with Gasteiger partial charge in [-0.3, -0.25) is 0 Å². The van der Waals surface area contributed by atoms with E-state index in [0.717, 1.165) is 38.3 Å². The molecule has 0 amide bonds. The predicted octanol–water partition coefficient (Wildman–Crippen LogP) is 2.65. The van der Waals surface area contributed by atoms with Crippen LogP contribution in [0.15, 0.2) is 18.3 Å². The molecule has 1 fully saturated rings. The lowest BCUT2D eigenvalue weighted by atomic mass is 10.0. The monoisotopic (exact) mass is 283 g/mol. The van der Waals surface area contributed by atoms with Gasteiger partial charge in [-0.25, -0.2) is 4.98 Å². The first-order valence-electron chi connectivity index (χ1n) is 6.87. The minimum atomic E-state index is 0.539. The maximum atomic E-state index is 5.89. The number of hydrogen-bond acceptors (Lipinski definition) is 4. The number of aromatic nitrogens is 1. The molecule has 1 aliphatic rings. The second-order valence-corrected chi connectivity index (χ2v) is 5.36. The fourth-order valence-corrected chi connectivity index (χ4v) is 2.64. The molecule has 1 saturated heterocycles. The standard InChI is InChI=1S/C14H22ClN3O/c1-19-10-2-7-18-8-4-12(5-9-18)17-13-3-6-16-14(15)11-13/h3,6,11-12H,2,4-5,7-10H2,1H3,(H,16,17). The van der Waals surface area contributed by atoms with Crippen molar-refractivity contribution in [2.24, 2.45) is 0 Å². The Morgan fingerprint density at radius 3 is 2.95 bits per heavy atom. The zero-order valence-electron chi connectivity index (χ0n) is 11.4. The van der Waals surface area contributed by atoms with Gasteiger partial charge in [0.05, 0.1) is 0 Å². The molecule has 4 nitrogen and oxygen atoms in total. The number of piperidine rings is 1. The number of rotatable bonds is 6. The Morgan fingerprint density at radius 2 is 2.26 bits per heavy atom. The molecule has 0 radical (unpaired) electrons. The molecular weight excluding hydrogens is 262 g/mol. The molecule has 1 N–H and O–H groups in total. The number of hydrogen-bond donors (Lipinski definition) is 1. The van der Waals surface area contributed by atoms with Crippen LogP contribution >= 0.6 is 11.6 Å². The number of nitrogens with zero attached hydrogens (tertiary/aromatic N) is 2. The number of methoxy groups -OCH3 is 1. The fourth-order valence-electron chi connectivity index (χ4n) is 2.46. The van der Waals surface area contributed by atoms with Gasteiger partial charge >= 0.3 is 0 Å². The van der Waals surface area contributed by atoms with Crippen LogP contribution in [0.1, 0.15) is 19.3 Å². The molecule has 2 heterocycles. The number of likely N-dealkylation sites (tertiary alicyclic amines) is 1. The van der Waals surface area contributed by atoms with Crippen LogP contribution < -0.4 is 5.32 Å². The van der Waals surface area contributed by atoms with Crippen LogP contribution in [0.3, 0.4) is 0 Å². The van der Waals surface area contributed by atoms with Crippen LogP contribution in [-0.2, 0) is 4.74 Å². The number of nitrogens with one attached hydrogen (secondary N) is 1. The summed E-state index contributed by atoms with van der Waals surface area (Å²) in [7, 11) is 1.76. The van der Waals surface area contributed by atoms with Gasteiger partial charge in [0.15, 0.2) is 0 Å². The summed E-state index contributed by atoms with van der Waals surface area (Å²) in [6.07, 6.45) is 5.21. The SMILES string of the molecule is COCCCN1CCC(Nc2ccnc(Cl)c2)CC1. The topological polar surface area (TPSA) is 37.4 Å². The quantitative estimate of drug-likeness (QED) is 0.643. The third kappa shape index (κ3) is 4.97. The normalized spacial score (nSPS) is 17.6. The van der Waals surface area contributed by atoms with Gasteiger partial charge in [0.1, 0.15) is 5.15 Å². The predicted molar refractivity (Wildman–Crippen MR) is 78.8 cm³/mol. The van der Waals surface area contributed by atoms with Gasteiger partial charge < -0.3 is 15.0 Å². The molecule has 2 rings (SSSR count). The third-order valence-corrected chi connectivity index (χ3v) is 3.71. The van der Waals surface area contributed by atoms with E-state index in [1.807, 2.05) is 12.1 Å². The highest BCUT2D eigenvalue weighted by atomic mass is 35.5. The van der Waals surface area contributed by atoms with Crippen LogP contribution in [0.4, 0.5) is 5.69 Å². The number of halogens is 1. The summed E-state index contributed by atoms with van der Waals surface area (Å²) in [5.74, 6) is 0. The number of pyridine rings is 1.